The third-order valence-corrected chi connectivity index (χ3v) is 4.66. The Labute approximate surface area is 158 Å². The number of aliphatic imine (C=N–C) groups is 1. The number of nitrogens with zero attached hydrogens (tertiary/aromatic N) is 2. The minimum Gasteiger partial charge on any atom is -0.466 e. The lowest BCUT2D eigenvalue weighted by atomic mass is 10.2. The zero-order valence-corrected chi connectivity index (χ0v) is 15.0. The van der Waals surface area contributed by atoms with Crippen molar-refractivity contribution in [3.63, 3.8) is 0 Å². The summed E-state index contributed by atoms with van der Waals surface area (Å²) in [6.45, 7) is 0.216. The van der Waals surface area contributed by atoms with Crippen molar-refractivity contribution < 1.29 is 23.1 Å². The maximum absolute atomic E-state index is 13.5. The second-order valence-corrected chi connectivity index (χ2v) is 6.51. The van der Waals surface area contributed by atoms with Crippen molar-refractivity contribution in [2.75, 3.05) is 7.11 Å². The maximum Gasteiger partial charge on any atom is 0.331 e. The molecule has 138 valence electrons. The van der Waals surface area contributed by atoms with E-state index in [0.29, 0.717) is 0 Å². The van der Waals surface area contributed by atoms with Crippen LogP contribution in [0.25, 0.3) is 0 Å². The molecule has 8 heteroatoms. The molecule has 2 aromatic rings. The molecule has 0 saturated carbocycles. The predicted octanol–water partition coefficient (Wildman–Crippen LogP) is 3.78. The average molecular weight is 388 g/mol. The highest BCUT2D eigenvalue weighted by Crippen LogP contribution is 2.34. The van der Waals surface area contributed by atoms with E-state index in [1.54, 1.807) is 0 Å². The van der Waals surface area contributed by atoms with E-state index in [4.69, 9.17) is 0 Å². The summed E-state index contributed by atoms with van der Waals surface area (Å²) in [6, 6.07) is 12.4. The summed E-state index contributed by atoms with van der Waals surface area (Å²) >= 11 is 0.965. The number of hydrogen-bond donors (Lipinski definition) is 0. The van der Waals surface area contributed by atoms with Crippen molar-refractivity contribution in [3.05, 3.63) is 76.7 Å². The SMILES string of the molecule is COC(=O)/C=C1\SC(=Nc2ccc(F)c(F)c2)N(Cc2ccccc2)C1=O. The molecular formula is C19H14F2N2O3S. The Morgan fingerprint density at radius 2 is 1.93 bits per heavy atom. The van der Waals surface area contributed by atoms with Gasteiger partial charge in [0.2, 0.25) is 0 Å². The molecule has 0 unspecified atom stereocenters. The Kier molecular flexibility index (Phi) is 5.66. The number of amidine groups is 1. The standard InChI is InChI=1S/C19H14F2N2O3S/c1-26-17(24)10-16-18(25)23(11-12-5-3-2-4-6-12)19(27-16)22-13-7-8-14(20)15(21)9-13/h2-10H,11H2,1H3/b16-10-,22-19?. The number of ether oxygens (including phenoxy) is 1. The normalized spacial score (nSPS) is 17.0. The van der Waals surface area contributed by atoms with Crippen molar-refractivity contribution >= 4 is 34.5 Å². The number of thioether (sulfide) groups is 1. The van der Waals surface area contributed by atoms with Gasteiger partial charge >= 0.3 is 5.97 Å². The van der Waals surface area contributed by atoms with E-state index >= 15 is 0 Å². The van der Waals surface area contributed by atoms with Crippen molar-refractivity contribution in [1.29, 1.82) is 0 Å². The Hall–Kier alpha value is -3.00. The first-order valence-electron chi connectivity index (χ1n) is 7.85. The first-order valence-corrected chi connectivity index (χ1v) is 8.66. The number of esters is 1. The van der Waals surface area contributed by atoms with Gasteiger partial charge in [0.05, 0.1) is 24.2 Å². The Morgan fingerprint density at radius 3 is 2.59 bits per heavy atom. The van der Waals surface area contributed by atoms with Crippen LogP contribution in [0.4, 0.5) is 14.5 Å². The first-order chi connectivity index (χ1) is 13.0. The van der Waals surface area contributed by atoms with E-state index < -0.39 is 23.5 Å². The fourth-order valence-corrected chi connectivity index (χ4v) is 3.29. The second kappa shape index (κ2) is 8.13. The van der Waals surface area contributed by atoms with E-state index in [9.17, 15) is 18.4 Å². The molecule has 1 fully saturated rings. The summed E-state index contributed by atoms with van der Waals surface area (Å²) < 4.78 is 31.2. The van der Waals surface area contributed by atoms with Crippen LogP contribution in [0, 0.1) is 11.6 Å². The molecule has 1 heterocycles. The molecule has 1 aliphatic heterocycles. The Bertz CT molecular complexity index is 945. The zero-order chi connectivity index (χ0) is 19.4. The van der Waals surface area contributed by atoms with E-state index in [-0.39, 0.29) is 22.3 Å². The molecule has 0 spiro atoms. The first kappa shape index (κ1) is 18.8. The molecule has 27 heavy (non-hydrogen) atoms. The smallest absolute Gasteiger partial charge is 0.331 e. The molecule has 0 radical (unpaired) electrons. The number of hydrogen-bond acceptors (Lipinski definition) is 5. The number of halogens is 2. The molecule has 1 saturated heterocycles. The number of carbonyl (C=O) groups excluding carboxylic acids is 2. The Balaban J connectivity index is 1.97. The molecule has 1 amide bonds. The molecule has 5 nitrogen and oxygen atoms in total. The minimum atomic E-state index is -1.04. The third kappa shape index (κ3) is 4.40. The summed E-state index contributed by atoms with van der Waals surface area (Å²) in [7, 11) is 1.21. The molecular weight excluding hydrogens is 374 g/mol. The van der Waals surface area contributed by atoms with E-state index in [1.807, 2.05) is 30.3 Å². The monoisotopic (exact) mass is 388 g/mol. The summed E-state index contributed by atoms with van der Waals surface area (Å²) in [4.78, 5) is 30.0. The van der Waals surface area contributed by atoms with Gasteiger partial charge in [0.25, 0.3) is 5.91 Å². The van der Waals surface area contributed by atoms with Gasteiger partial charge in [-0.05, 0) is 29.5 Å². The largest absolute Gasteiger partial charge is 0.466 e. The van der Waals surface area contributed by atoms with Gasteiger partial charge < -0.3 is 4.74 Å². The maximum atomic E-state index is 13.5. The quantitative estimate of drug-likeness (QED) is 0.591. The topological polar surface area (TPSA) is 59.0 Å². The van der Waals surface area contributed by atoms with Crippen molar-refractivity contribution in [2.45, 2.75) is 6.54 Å². The molecule has 0 N–H and O–H groups in total. The number of rotatable bonds is 4. The Morgan fingerprint density at radius 1 is 1.19 bits per heavy atom. The fraction of sp³-hybridized carbons (Fsp3) is 0.105. The van der Waals surface area contributed by atoms with Crippen LogP contribution in [-0.4, -0.2) is 29.1 Å². The van der Waals surface area contributed by atoms with Crippen molar-refractivity contribution in [1.82, 2.24) is 4.90 Å². The second-order valence-electron chi connectivity index (χ2n) is 5.50. The number of carbonyl (C=O) groups is 2. The van der Waals surface area contributed by atoms with Gasteiger partial charge in [-0.2, -0.15) is 0 Å². The molecule has 0 bridgehead atoms. The van der Waals surface area contributed by atoms with Gasteiger partial charge in [0.15, 0.2) is 16.8 Å². The van der Waals surface area contributed by atoms with Crippen molar-refractivity contribution in [3.8, 4) is 0 Å². The molecule has 0 aliphatic carbocycles. The lowest BCUT2D eigenvalue weighted by Gasteiger charge is -2.15. The van der Waals surface area contributed by atoms with Crippen LogP contribution in [0.3, 0.4) is 0 Å². The lowest BCUT2D eigenvalue weighted by molar-refractivity contribution is -0.135. The summed E-state index contributed by atoms with van der Waals surface area (Å²) in [5, 5.41) is 0.255. The molecule has 2 aromatic carbocycles. The average Bonchev–Trinajstić information content (AvgIpc) is 2.94. The summed E-state index contributed by atoms with van der Waals surface area (Å²) in [5.74, 6) is -3.11. The zero-order valence-electron chi connectivity index (χ0n) is 14.2. The number of benzene rings is 2. The van der Waals surface area contributed by atoms with Crippen LogP contribution in [0.2, 0.25) is 0 Å². The van der Waals surface area contributed by atoms with Gasteiger partial charge in [0.1, 0.15) is 0 Å². The minimum absolute atomic E-state index is 0.138. The van der Waals surface area contributed by atoms with Gasteiger partial charge in [-0.15, -0.1) is 0 Å². The van der Waals surface area contributed by atoms with Gasteiger partial charge in [-0.3, -0.25) is 9.69 Å². The van der Waals surface area contributed by atoms with Gasteiger partial charge in [-0.1, -0.05) is 30.3 Å². The highest BCUT2D eigenvalue weighted by atomic mass is 32.2. The van der Waals surface area contributed by atoms with Crippen LogP contribution in [0.1, 0.15) is 5.56 Å². The third-order valence-electron chi connectivity index (χ3n) is 3.65. The molecule has 3 rings (SSSR count). The van der Waals surface area contributed by atoms with Gasteiger partial charge in [-0.25, -0.2) is 18.6 Å². The molecule has 0 aromatic heterocycles. The van der Waals surface area contributed by atoms with Crippen LogP contribution in [-0.2, 0) is 20.9 Å². The van der Waals surface area contributed by atoms with E-state index in [2.05, 4.69) is 9.73 Å². The van der Waals surface area contributed by atoms with Gasteiger partial charge in [0, 0.05) is 12.1 Å². The highest BCUT2D eigenvalue weighted by molar-refractivity contribution is 8.18. The van der Waals surface area contributed by atoms with Crippen LogP contribution in [0.5, 0.6) is 0 Å². The summed E-state index contributed by atoms with van der Waals surface area (Å²) in [5.41, 5.74) is 1.00. The predicted molar refractivity (Wildman–Crippen MR) is 98.1 cm³/mol. The molecule has 1 aliphatic rings. The number of amides is 1. The van der Waals surface area contributed by atoms with Crippen LogP contribution >= 0.6 is 11.8 Å². The van der Waals surface area contributed by atoms with E-state index in [1.165, 1.54) is 18.1 Å². The van der Waals surface area contributed by atoms with Crippen molar-refractivity contribution in [2.24, 2.45) is 4.99 Å². The fourth-order valence-electron chi connectivity index (χ4n) is 2.33. The summed E-state index contributed by atoms with van der Waals surface area (Å²) in [6.07, 6.45) is 1.08. The lowest BCUT2D eigenvalue weighted by Crippen LogP contribution is -2.28. The van der Waals surface area contributed by atoms with Crippen LogP contribution in [0.15, 0.2) is 64.5 Å². The molecule has 0 atom stereocenters. The number of methoxy groups -OCH3 is 1. The van der Waals surface area contributed by atoms with Crippen LogP contribution < -0.4 is 0 Å². The van der Waals surface area contributed by atoms with E-state index in [0.717, 1.165) is 35.5 Å². The highest BCUT2D eigenvalue weighted by Gasteiger charge is 2.34.